The van der Waals surface area contributed by atoms with E-state index in [1.54, 1.807) is 11.3 Å². The molecule has 1 atom stereocenters. The molecule has 22 heavy (non-hydrogen) atoms. The van der Waals surface area contributed by atoms with Gasteiger partial charge in [0.1, 0.15) is 0 Å². The summed E-state index contributed by atoms with van der Waals surface area (Å²) in [7, 11) is 0. The van der Waals surface area contributed by atoms with Crippen molar-refractivity contribution in [2.75, 3.05) is 11.9 Å². The van der Waals surface area contributed by atoms with Gasteiger partial charge in [-0.1, -0.05) is 6.07 Å². The smallest absolute Gasteiger partial charge is 0.238 e. The van der Waals surface area contributed by atoms with Gasteiger partial charge in [-0.15, -0.1) is 11.3 Å². The second-order valence-electron chi connectivity index (χ2n) is 5.48. The fourth-order valence-electron chi connectivity index (χ4n) is 2.44. The van der Waals surface area contributed by atoms with Crippen molar-refractivity contribution in [3.8, 4) is 0 Å². The first-order chi connectivity index (χ1) is 10.5. The highest BCUT2D eigenvalue weighted by Crippen LogP contribution is 2.19. The van der Waals surface area contributed by atoms with Crippen LogP contribution in [-0.4, -0.2) is 28.3 Å². The Bertz CT molecular complexity index is 618. The van der Waals surface area contributed by atoms with Crippen LogP contribution >= 0.6 is 11.3 Å². The number of amides is 1. The zero-order chi connectivity index (χ0) is 16.1. The molecule has 0 aromatic carbocycles. The van der Waals surface area contributed by atoms with Gasteiger partial charge in [0.15, 0.2) is 0 Å². The molecule has 0 saturated heterocycles. The molecule has 2 N–H and O–H groups in total. The molecular formula is C16H24N4OS. The highest BCUT2D eigenvalue weighted by atomic mass is 32.1. The van der Waals surface area contributed by atoms with Gasteiger partial charge >= 0.3 is 0 Å². The summed E-state index contributed by atoms with van der Waals surface area (Å²) < 4.78 is 1.90. The molecule has 2 aromatic rings. The lowest BCUT2D eigenvalue weighted by Crippen LogP contribution is -2.35. The van der Waals surface area contributed by atoms with Crippen molar-refractivity contribution in [2.45, 2.75) is 46.7 Å². The average molecular weight is 320 g/mol. The van der Waals surface area contributed by atoms with Crippen LogP contribution in [0.4, 0.5) is 5.69 Å². The van der Waals surface area contributed by atoms with E-state index in [9.17, 15) is 4.79 Å². The van der Waals surface area contributed by atoms with Crippen LogP contribution < -0.4 is 10.6 Å². The summed E-state index contributed by atoms with van der Waals surface area (Å²) in [6.07, 6.45) is 0.941. The second-order valence-corrected chi connectivity index (χ2v) is 6.51. The standard InChI is InChI=1S/C16H24N4OS/c1-5-20-13(4)16(12(3)19-20)18-15(21)10-17-11(2)9-14-7-6-8-22-14/h6-8,11,17H,5,9-10H2,1-4H3,(H,18,21)/t11-/m0/s1. The molecule has 0 aliphatic rings. The summed E-state index contributed by atoms with van der Waals surface area (Å²) in [4.78, 5) is 13.4. The van der Waals surface area contributed by atoms with Crippen molar-refractivity contribution in [3.05, 3.63) is 33.8 Å². The molecule has 120 valence electrons. The van der Waals surface area contributed by atoms with Crippen LogP contribution in [0, 0.1) is 13.8 Å². The Hall–Kier alpha value is -1.66. The molecule has 2 heterocycles. The van der Waals surface area contributed by atoms with Crippen molar-refractivity contribution in [3.63, 3.8) is 0 Å². The molecular weight excluding hydrogens is 296 g/mol. The number of rotatable bonds is 7. The largest absolute Gasteiger partial charge is 0.322 e. The van der Waals surface area contributed by atoms with E-state index >= 15 is 0 Å². The Morgan fingerprint density at radius 2 is 2.23 bits per heavy atom. The third-order valence-corrected chi connectivity index (χ3v) is 4.54. The molecule has 2 rings (SSSR count). The van der Waals surface area contributed by atoms with Gasteiger partial charge in [-0.05, 0) is 45.6 Å². The predicted octanol–water partition coefficient (Wildman–Crippen LogP) is 2.74. The number of aromatic nitrogens is 2. The van der Waals surface area contributed by atoms with Crippen LogP contribution in [0.3, 0.4) is 0 Å². The van der Waals surface area contributed by atoms with Crippen molar-refractivity contribution >= 4 is 22.9 Å². The maximum absolute atomic E-state index is 12.1. The third-order valence-electron chi connectivity index (χ3n) is 3.64. The van der Waals surface area contributed by atoms with Gasteiger partial charge in [0.05, 0.1) is 23.6 Å². The van der Waals surface area contributed by atoms with Crippen LogP contribution in [-0.2, 0) is 17.8 Å². The number of nitrogens with one attached hydrogen (secondary N) is 2. The number of hydrogen-bond acceptors (Lipinski definition) is 4. The van der Waals surface area contributed by atoms with Crippen molar-refractivity contribution in [2.24, 2.45) is 0 Å². The Kier molecular flexibility index (Phi) is 5.74. The van der Waals surface area contributed by atoms with Gasteiger partial charge in [-0.3, -0.25) is 9.48 Å². The molecule has 0 saturated carbocycles. The minimum Gasteiger partial charge on any atom is -0.322 e. The fraction of sp³-hybridized carbons (Fsp3) is 0.500. The molecule has 0 bridgehead atoms. The quantitative estimate of drug-likeness (QED) is 0.825. The SMILES string of the molecule is CCn1nc(C)c(NC(=O)CN[C@@H](C)Cc2cccs2)c1C. The minimum absolute atomic E-state index is 0.0279. The molecule has 0 aliphatic heterocycles. The average Bonchev–Trinajstić information content (AvgIpc) is 3.08. The van der Waals surface area contributed by atoms with E-state index in [1.165, 1.54) is 4.88 Å². The zero-order valence-corrected chi connectivity index (χ0v) is 14.5. The van der Waals surface area contributed by atoms with Gasteiger partial charge in [-0.2, -0.15) is 5.10 Å². The lowest BCUT2D eigenvalue weighted by atomic mass is 10.2. The molecule has 2 aromatic heterocycles. The molecule has 6 heteroatoms. The summed E-state index contributed by atoms with van der Waals surface area (Å²) in [5.74, 6) is -0.0279. The van der Waals surface area contributed by atoms with E-state index < -0.39 is 0 Å². The Labute approximate surface area is 135 Å². The summed E-state index contributed by atoms with van der Waals surface area (Å²) in [6, 6.07) is 4.44. The lowest BCUT2D eigenvalue weighted by Gasteiger charge is -2.13. The molecule has 0 fully saturated rings. The van der Waals surface area contributed by atoms with E-state index in [1.807, 2.05) is 25.5 Å². The van der Waals surface area contributed by atoms with Crippen LogP contribution in [0.2, 0.25) is 0 Å². The molecule has 0 radical (unpaired) electrons. The number of aryl methyl sites for hydroxylation is 2. The first-order valence-corrected chi connectivity index (χ1v) is 8.48. The summed E-state index contributed by atoms with van der Waals surface area (Å²) >= 11 is 1.75. The van der Waals surface area contributed by atoms with Gasteiger partial charge in [-0.25, -0.2) is 0 Å². The predicted molar refractivity (Wildman–Crippen MR) is 91.5 cm³/mol. The second kappa shape index (κ2) is 7.56. The van der Waals surface area contributed by atoms with Crippen molar-refractivity contribution in [1.82, 2.24) is 15.1 Å². The van der Waals surface area contributed by atoms with E-state index in [0.717, 1.165) is 30.0 Å². The maximum Gasteiger partial charge on any atom is 0.238 e. The van der Waals surface area contributed by atoms with Gasteiger partial charge in [0, 0.05) is 17.5 Å². The monoisotopic (exact) mass is 320 g/mol. The summed E-state index contributed by atoms with van der Waals surface area (Å²) in [6.45, 7) is 9.15. The van der Waals surface area contributed by atoms with Crippen LogP contribution in [0.25, 0.3) is 0 Å². The van der Waals surface area contributed by atoms with E-state index in [2.05, 4.69) is 40.2 Å². The minimum atomic E-state index is -0.0279. The van der Waals surface area contributed by atoms with E-state index in [4.69, 9.17) is 0 Å². The topological polar surface area (TPSA) is 59.0 Å². The number of thiophene rings is 1. The van der Waals surface area contributed by atoms with Crippen LogP contribution in [0.5, 0.6) is 0 Å². The molecule has 0 unspecified atom stereocenters. The number of carbonyl (C=O) groups excluding carboxylic acids is 1. The number of carbonyl (C=O) groups is 1. The first-order valence-electron chi connectivity index (χ1n) is 7.60. The molecule has 5 nitrogen and oxygen atoms in total. The van der Waals surface area contributed by atoms with Crippen LogP contribution in [0.15, 0.2) is 17.5 Å². The Morgan fingerprint density at radius 1 is 1.45 bits per heavy atom. The van der Waals surface area contributed by atoms with Gasteiger partial charge in [0.25, 0.3) is 0 Å². The Balaban J connectivity index is 1.84. The van der Waals surface area contributed by atoms with Gasteiger partial charge in [0.2, 0.25) is 5.91 Å². The highest BCUT2D eigenvalue weighted by molar-refractivity contribution is 7.09. The summed E-state index contributed by atoms with van der Waals surface area (Å²) in [5.41, 5.74) is 2.69. The van der Waals surface area contributed by atoms with E-state index in [-0.39, 0.29) is 11.9 Å². The number of anilines is 1. The lowest BCUT2D eigenvalue weighted by molar-refractivity contribution is -0.115. The molecule has 0 aliphatic carbocycles. The molecule has 1 amide bonds. The van der Waals surface area contributed by atoms with Crippen molar-refractivity contribution in [1.29, 1.82) is 0 Å². The maximum atomic E-state index is 12.1. The van der Waals surface area contributed by atoms with Crippen LogP contribution in [0.1, 0.15) is 30.1 Å². The van der Waals surface area contributed by atoms with E-state index in [0.29, 0.717) is 6.54 Å². The summed E-state index contributed by atoms with van der Waals surface area (Å²) in [5, 5.41) is 12.7. The number of hydrogen-bond donors (Lipinski definition) is 2. The zero-order valence-electron chi connectivity index (χ0n) is 13.6. The molecule has 0 spiro atoms. The fourth-order valence-corrected chi connectivity index (χ4v) is 3.27. The normalized spacial score (nSPS) is 12.4. The third kappa shape index (κ3) is 4.18. The number of nitrogens with zero attached hydrogens (tertiary/aromatic N) is 2. The van der Waals surface area contributed by atoms with Gasteiger partial charge < -0.3 is 10.6 Å². The Morgan fingerprint density at radius 3 is 2.82 bits per heavy atom. The highest BCUT2D eigenvalue weighted by Gasteiger charge is 2.14. The first kappa shape index (κ1) is 16.7. The van der Waals surface area contributed by atoms with Crippen molar-refractivity contribution < 1.29 is 4.79 Å².